The monoisotopic (exact) mass is 281 g/mol. The lowest BCUT2D eigenvalue weighted by Gasteiger charge is -2.32. The van der Waals surface area contributed by atoms with Crippen molar-refractivity contribution in [1.29, 1.82) is 0 Å². The number of pyridine rings is 1. The van der Waals surface area contributed by atoms with Crippen LogP contribution in [-0.2, 0) is 9.47 Å². The summed E-state index contributed by atoms with van der Waals surface area (Å²) >= 11 is 0. The molecular weight excluding hydrogens is 254 g/mol. The topological polar surface area (TPSA) is 46.6 Å². The summed E-state index contributed by atoms with van der Waals surface area (Å²) in [7, 11) is 5.40. The number of hydrogen-bond acceptors (Lipinski definition) is 5. The lowest BCUT2D eigenvalue weighted by atomic mass is 10.1. The average Bonchev–Trinajstić information content (AvgIpc) is 2.47. The molecule has 1 rings (SSSR count). The Kier molecular flexibility index (Phi) is 7.51. The molecule has 5 heteroatoms. The highest BCUT2D eigenvalue weighted by Gasteiger charge is 2.20. The van der Waals surface area contributed by atoms with Crippen LogP contribution in [0.2, 0.25) is 0 Å². The standard InChI is InChI=1S/C15H27N3O2/c1-12(11-20-5)18(9-10-19-4)15-14(13(2)16-3)7-6-8-17-15/h6-8,12-13,16H,9-11H2,1-5H3. The molecule has 0 aliphatic carbocycles. The van der Waals surface area contributed by atoms with Gasteiger partial charge < -0.3 is 19.7 Å². The molecule has 1 aromatic heterocycles. The quantitative estimate of drug-likeness (QED) is 0.748. The molecule has 0 amide bonds. The SMILES string of the molecule is CNC(C)c1cccnc1N(CCOC)C(C)COC. The molecule has 1 N–H and O–H groups in total. The Morgan fingerprint density at radius 3 is 2.65 bits per heavy atom. The summed E-state index contributed by atoms with van der Waals surface area (Å²) < 4.78 is 10.5. The van der Waals surface area contributed by atoms with E-state index in [2.05, 4.69) is 35.1 Å². The Bertz CT molecular complexity index is 387. The van der Waals surface area contributed by atoms with Gasteiger partial charge in [0.15, 0.2) is 0 Å². The van der Waals surface area contributed by atoms with Gasteiger partial charge in [-0.25, -0.2) is 4.98 Å². The second-order valence-electron chi connectivity index (χ2n) is 4.92. The zero-order valence-electron chi connectivity index (χ0n) is 13.2. The Morgan fingerprint density at radius 2 is 2.05 bits per heavy atom. The van der Waals surface area contributed by atoms with Gasteiger partial charge in [-0.15, -0.1) is 0 Å². The van der Waals surface area contributed by atoms with Gasteiger partial charge in [-0.05, 0) is 27.0 Å². The molecule has 0 radical (unpaired) electrons. The zero-order valence-corrected chi connectivity index (χ0v) is 13.2. The van der Waals surface area contributed by atoms with Crippen molar-refractivity contribution in [3.8, 4) is 0 Å². The summed E-state index contributed by atoms with van der Waals surface area (Å²) in [6, 6.07) is 4.58. The van der Waals surface area contributed by atoms with Gasteiger partial charge in [-0.1, -0.05) is 6.07 Å². The molecule has 2 atom stereocenters. The molecule has 114 valence electrons. The summed E-state index contributed by atoms with van der Waals surface area (Å²) in [6.45, 7) is 6.39. The highest BCUT2D eigenvalue weighted by molar-refractivity contribution is 5.49. The number of methoxy groups -OCH3 is 2. The first-order valence-corrected chi connectivity index (χ1v) is 7.02. The molecule has 0 fully saturated rings. The van der Waals surface area contributed by atoms with Crippen LogP contribution in [0.3, 0.4) is 0 Å². The second-order valence-corrected chi connectivity index (χ2v) is 4.92. The number of anilines is 1. The smallest absolute Gasteiger partial charge is 0.133 e. The Morgan fingerprint density at radius 1 is 1.30 bits per heavy atom. The lowest BCUT2D eigenvalue weighted by Crippen LogP contribution is -2.40. The fourth-order valence-electron chi connectivity index (χ4n) is 2.20. The van der Waals surface area contributed by atoms with Gasteiger partial charge >= 0.3 is 0 Å². The maximum absolute atomic E-state index is 5.29. The first-order valence-electron chi connectivity index (χ1n) is 7.02. The van der Waals surface area contributed by atoms with Gasteiger partial charge in [0.05, 0.1) is 19.3 Å². The predicted molar refractivity (Wildman–Crippen MR) is 82.3 cm³/mol. The summed E-state index contributed by atoms with van der Waals surface area (Å²) in [6.07, 6.45) is 1.83. The van der Waals surface area contributed by atoms with Crippen LogP contribution in [0, 0.1) is 0 Å². The second kappa shape index (κ2) is 8.89. The van der Waals surface area contributed by atoms with Crippen LogP contribution in [0.25, 0.3) is 0 Å². The lowest BCUT2D eigenvalue weighted by molar-refractivity contribution is 0.170. The third-order valence-corrected chi connectivity index (χ3v) is 3.46. The first kappa shape index (κ1) is 16.9. The summed E-state index contributed by atoms with van der Waals surface area (Å²) in [5.74, 6) is 0.996. The van der Waals surface area contributed by atoms with E-state index in [1.807, 2.05) is 19.3 Å². The van der Waals surface area contributed by atoms with E-state index in [1.54, 1.807) is 14.2 Å². The van der Waals surface area contributed by atoms with E-state index in [0.717, 1.165) is 12.4 Å². The van der Waals surface area contributed by atoms with Crippen LogP contribution in [0.1, 0.15) is 25.5 Å². The maximum atomic E-state index is 5.29. The van der Waals surface area contributed by atoms with E-state index in [-0.39, 0.29) is 12.1 Å². The summed E-state index contributed by atoms with van der Waals surface area (Å²) in [5.41, 5.74) is 1.19. The van der Waals surface area contributed by atoms with Crippen molar-refractivity contribution < 1.29 is 9.47 Å². The maximum Gasteiger partial charge on any atom is 0.133 e. The molecule has 1 heterocycles. The van der Waals surface area contributed by atoms with Crippen molar-refractivity contribution in [3.05, 3.63) is 23.9 Å². The molecule has 0 aromatic carbocycles. The van der Waals surface area contributed by atoms with Crippen molar-refractivity contribution in [2.75, 3.05) is 45.9 Å². The number of hydrogen-bond donors (Lipinski definition) is 1. The third-order valence-electron chi connectivity index (χ3n) is 3.46. The van der Waals surface area contributed by atoms with Crippen molar-refractivity contribution in [2.45, 2.75) is 25.9 Å². The Hall–Kier alpha value is -1.17. The highest BCUT2D eigenvalue weighted by Crippen LogP contribution is 2.25. The average molecular weight is 281 g/mol. The largest absolute Gasteiger partial charge is 0.383 e. The van der Waals surface area contributed by atoms with Crippen molar-refractivity contribution >= 4 is 5.82 Å². The van der Waals surface area contributed by atoms with E-state index in [4.69, 9.17) is 9.47 Å². The zero-order chi connectivity index (χ0) is 15.0. The molecule has 5 nitrogen and oxygen atoms in total. The predicted octanol–water partition coefficient (Wildman–Crippen LogP) is 1.85. The van der Waals surface area contributed by atoms with Gasteiger partial charge in [-0.3, -0.25) is 0 Å². The molecule has 0 saturated heterocycles. The van der Waals surface area contributed by atoms with E-state index in [9.17, 15) is 0 Å². The molecule has 1 aromatic rings. The minimum Gasteiger partial charge on any atom is -0.383 e. The molecule has 20 heavy (non-hydrogen) atoms. The number of rotatable bonds is 9. The minimum absolute atomic E-state index is 0.243. The van der Waals surface area contributed by atoms with Gasteiger partial charge in [0.1, 0.15) is 5.82 Å². The van der Waals surface area contributed by atoms with Crippen LogP contribution in [0.15, 0.2) is 18.3 Å². The van der Waals surface area contributed by atoms with Crippen LogP contribution in [0.5, 0.6) is 0 Å². The van der Waals surface area contributed by atoms with Gasteiger partial charge in [0.2, 0.25) is 0 Å². The molecule has 0 aliphatic rings. The van der Waals surface area contributed by atoms with E-state index in [1.165, 1.54) is 5.56 Å². The van der Waals surface area contributed by atoms with Crippen LogP contribution in [-0.4, -0.2) is 52.1 Å². The molecule has 0 aliphatic heterocycles. The van der Waals surface area contributed by atoms with Gasteiger partial charge in [-0.2, -0.15) is 0 Å². The Balaban J connectivity index is 3.05. The van der Waals surface area contributed by atoms with Crippen molar-refractivity contribution in [2.24, 2.45) is 0 Å². The van der Waals surface area contributed by atoms with Crippen LogP contribution in [0.4, 0.5) is 5.82 Å². The fourth-order valence-corrected chi connectivity index (χ4v) is 2.20. The Labute approximate surface area is 122 Å². The summed E-state index contributed by atoms with van der Waals surface area (Å²) in [4.78, 5) is 6.83. The fraction of sp³-hybridized carbons (Fsp3) is 0.667. The summed E-state index contributed by atoms with van der Waals surface area (Å²) in [5, 5.41) is 3.27. The normalized spacial score (nSPS) is 14.1. The van der Waals surface area contributed by atoms with Gasteiger partial charge in [0.25, 0.3) is 0 Å². The number of nitrogens with one attached hydrogen (secondary N) is 1. The van der Waals surface area contributed by atoms with Crippen molar-refractivity contribution in [1.82, 2.24) is 10.3 Å². The molecular formula is C15H27N3O2. The third kappa shape index (κ3) is 4.44. The van der Waals surface area contributed by atoms with E-state index < -0.39 is 0 Å². The van der Waals surface area contributed by atoms with E-state index >= 15 is 0 Å². The number of aromatic nitrogens is 1. The first-order chi connectivity index (χ1) is 9.65. The minimum atomic E-state index is 0.243. The number of nitrogens with zero attached hydrogens (tertiary/aromatic N) is 2. The number of ether oxygens (including phenoxy) is 2. The van der Waals surface area contributed by atoms with Crippen LogP contribution >= 0.6 is 0 Å². The van der Waals surface area contributed by atoms with Gasteiger partial charge in [0, 0.05) is 38.6 Å². The van der Waals surface area contributed by atoms with Crippen molar-refractivity contribution in [3.63, 3.8) is 0 Å². The molecule has 0 saturated carbocycles. The molecule has 2 unspecified atom stereocenters. The molecule has 0 bridgehead atoms. The van der Waals surface area contributed by atoms with Crippen LogP contribution < -0.4 is 10.2 Å². The molecule has 0 spiro atoms. The van der Waals surface area contributed by atoms with E-state index in [0.29, 0.717) is 13.2 Å². The highest BCUT2D eigenvalue weighted by atomic mass is 16.5.